The van der Waals surface area contributed by atoms with Crippen molar-refractivity contribution >= 4 is 27.3 Å². The molecule has 2 heterocycles. The zero-order chi connectivity index (χ0) is 24.8. The summed E-state index contributed by atoms with van der Waals surface area (Å²) < 4.78 is 38.3. The number of anilines is 1. The van der Waals surface area contributed by atoms with E-state index in [1.165, 1.54) is 22.9 Å². The van der Waals surface area contributed by atoms with Gasteiger partial charge in [-0.15, -0.1) is 0 Å². The number of ether oxygens (including phenoxy) is 1. The number of aliphatic imine (C=N–C) groups is 1. The van der Waals surface area contributed by atoms with Gasteiger partial charge in [-0.05, 0) is 18.9 Å². The van der Waals surface area contributed by atoms with Crippen LogP contribution in [-0.2, 0) is 22.9 Å². The average Bonchev–Trinajstić information content (AvgIpc) is 2.96. The number of guanidine groups is 1. The Balaban J connectivity index is 2.26. The quantitative estimate of drug-likeness (QED) is 0.0679. The highest BCUT2D eigenvalue weighted by atomic mass is 31.2. The Morgan fingerprint density at radius 3 is 2.42 bits per heavy atom. The van der Waals surface area contributed by atoms with Gasteiger partial charge in [0, 0.05) is 31.0 Å². The second kappa shape index (κ2) is 11.5. The zero-order valence-electron chi connectivity index (χ0n) is 17.3. The van der Waals surface area contributed by atoms with Crippen molar-refractivity contribution in [3.8, 4) is 0 Å². The molecule has 1 aliphatic heterocycles. The first-order valence-corrected chi connectivity index (χ1v) is 12.6. The maximum absolute atomic E-state index is 11.3. The smallest absolute Gasteiger partial charge is 0.399 e. The Kier molecular flexibility index (Phi) is 9.58. The molecular formula is C15H28N6O10P2. The largest absolute Gasteiger partial charge is 0.470 e. The van der Waals surface area contributed by atoms with E-state index in [2.05, 4.69) is 19.0 Å². The van der Waals surface area contributed by atoms with Gasteiger partial charge in [-0.1, -0.05) is 0 Å². The molecule has 11 N–H and O–H groups in total. The predicted molar refractivity (Wildman–Crippen MR) is 114 cm³/mol. The molecule has 1 aromatic rings. The summed E-state index contributed by atoms with van der Waals surface area (Å²) in [6.45, 7) is -0.0589. The number of nitrogen functional groups attached to an aromatic ring is 1. The van der Waals surface area contributed by atoms with E-state index < -0.39 is 46.8 Å². The minimum absolute atomic E-state index is 0.0163. The number of rotatable bonds is 11. The van der Waals surface area contributed by atoms with Crippen LogP contribution in [0.25, 0.3) is 0 Å². The van der Waals surface area contributed by atoms with Gasteiger partial charge in [0.25, 0.3) is 0 Å². The summed E-state index contributed by atoms with van der Waals surface area (Å²) in [4.78, 5) is 44.5. The lowest BCUT2D eigenvalue weighted by Crippen LogP contribution is -2.37. The standard InChI is InChI=1S/C15H28N6O10P2/c16-9-3-6-21(11(7-9)19-4-1-2-5-20-15(17)18)14-12(22)13(31-33(26,27)28)10(30-14)8-29-32(23,24)25/h3,6-7,10,12-14,22H,1-2,4-5,8,16H2,(H4,17,18,20)(H2,23,24,25)(H2,26,27,28)/t10-,12-,13-,14-/m1/s1. The van der Waals surface area contributed by atoms with E-state index in [1.807, 2.05) is 0 Å². The molecule has 16 nitrogen and oxygen atoms in total. The maximum atomic E-state index is 11.3. The first-order valence-electron chi connectivity index (χ1n) is 9.58. The van der Waals surface area contributed by atoms with Crippen molar-refractivity contribution in [3.63, 3.8) is 0 Å². The average molecular weight is 514 g/mol. The molecule has 0 radical (unpaired) electrons. The molecule has 188 valence electrons. The van der Waals surface area contributed by atoms with E-state index in [1.54, 1.807) is 0 Å². The van der Waals surface area contributed by atoms with E-state index >= 15 is 0 Å². The Morgan fingerprint density at radius 1 is 1.15 bits per heavy atom. The first-order chi connectivity index (χ1) is 15.3. The molecule has 0 amide bonds. The van der Waals surface area contributed by atoms with Crippen LogP contribution in [0.1, 0.15) is 19.1 Å². The third kappa shape index (κ3) is 9.14. The van der Waals surface area contributed by atoms with Gasteiger partial charge in [-0.25, -0.2) is 9.13 Å². The number of nitrogens with zero attached hydrogens (tertiary/aromatic N) is 3. The Labute approximate surface area is 188 Å². The highest BCUT2D eigenvalue weighted by molar-refractivity contribution is 7.46. The van der Waals surface area contributed by atoms with Crippen LogP contribution in [0.2, 0.25) is 0 Å². The van der Waals surface area contributed by atoms with Crippen LogP contribution in [0.5, 0.6) is 0 Å². The van der Waals surface area contributed by atoms with Crippen molar-refractivity contribution in [1.29, 1.82) is 0 Å². The molecule has 0 aliphatic carbocycles. The summed E-state index contributed by atoms with van der Waals surface area (Å²) in [5.74, 6) is -0.0163. The van der Waals surface area contributed by atoms with Gasteiger partial charge < -0.3 is 51.2 Å². The fraction of sp³-hybridized carbons (Fsp3) is 0.600. The maximum Gasteiger partial charge on any atom is 0.470 e. The third-order valence-electron chi connectivity index (χ3n) is 4.37. The second-order valence-electron chi connectivity index (χ2n) is 7.02. The SMILES string of the molecule is NC(N)=NCCCCN=c1cc(N)ccn1[C@@H]1O[C@H](COP(=O)(O)O)[C@@H](OP(=O)(O)O)[C@H]1O. The molecule has 0 aromatic carbocycles. The predicted octanol–water partition coefficient (Wildman–Crippen LogP) is -2.13. The van der Waals surface area contributed by atoms with Crippen molar-refractivity contribution in [2.75, 3.05) is 25.4 Å². The highest BCUT2D eigenvalue weighted by Crippen LogP contribution is 2.45. The van der Waals surface area contributed by atoms with Gasteiger partial charge in [0.15, 0.2) is 12.2 Å². The number of hydrogen-bond donors (Lipinski definition) is 8. The molecule has 0 bridgehead atoms. The van der Waals surface area contributed by atoms with Gasteiger partial charge in [-0.3, -0.25) is 19.0 Å². The van der Waals surface area contributed by atoms with Crippen molar-refractivity contribution in [2.45, 2.75) is 37.4 Å². The molecular weight excluding hydrogens is 486 g/mol. The molecule has 1 aromatic heterocycles. The summed E-state index contributed by atoms with van der Waals surface area (Å²) in [7, 11) is -10.0. The topological polar surface area (TPSA) is 271 Å². The molecule has 0 spiro atoms. The van der Waals surface area contributed by atoms with Gasteiger partial charge in [0.2, 0.25) is 0 Å². The van der Waals surface area contributed by atoms with Crippen LogP contribution in [-0.4, -0.2) is 73.2 Å². The minimum Gasteiger partial charge on any atom is -0.399 e. The van der Waals surface area contributed by atoms with Crippen molar-refractivity contribution in [3.05, 3.63) is 23.8 Å². The summed E-state index contributed by atoms with van der Waals surface area (Å²) >= 11 is 0. The number of nitrogens with two attached hydrogens (primary N) is 3. The number of pyridine rings is 1. The van der Waals surface area contributed by atoms with E-state index in [0.717, 1.165) is 0 Å². The normalized spacial score (nSPS) is 24.2. The summed E-state index contributed by atoms with van der Waals surface area (Å²) in [6, 6.07) is 2.97. The number of hydrogen-bond acceptors (Lipinski definition) is 9. The summed E-state index contributed by atoms with van der Waals surface area (Å²) in [5.41, 5.74) is 17.0. The monoisotopic (exact) mass is 514 g/mol. The van der Waals surface area contributed by atoms with Crippen LogP contribution in [0.3, 0.4) is 0 Å². The number of phosphoric ester groups is 2. The van der Waals surface area contributed by atoms with Crippen LogP contribution in [0.15, 0.2) is 28.3 Å². The molecule has 1 aliphatic rings. The number of unbranched alkanes of at least 4 members (excludes halogenated alkanes) is 1. The van der Waals surface area contributed by atoms with Gasteiger partial charge in [0.1, 0.15) is 23.8 Å². The van der Waals surface area contributed by atoms with E-state index in [0.29, 0.717) is 31.6 Å². The summed E-state index contributed by atoms with van der Waals surface area (Å²) in [5, 5.41) is 10.7. The molecule has 1 fully saturated rings. The second-order valence-corrected chi connectivity index (χ2v) is 9.45. The molecule has 0 unspecified atom stereocenters. The third-order valence-corrected chi connectivity index (χ3v) is 5.38. The van der Waals surface area contributed by atoms with Crippen molar-refractivity contribution in [2.24, 2.45) is 21.5 Å². The minimum atomic E-state index is -5.10. The molecule has 18 heteroatoms. The molecule has 4 atom stereocenters. The number of aliphatic hydroxyl groups excluding tert-OH is 1. The van der Waals surface area contributed by atoms with E-state index in [-0.39, 0.29) is 11.4 Å². The van der Waals surface area contributed by atoms with Crippen LogP contribution >= 0.6 is 15.6 Å². The summed E-state index contributed by atoms with van der Waals surface area (Å²) in [6.07, 6.45) is -3.35. The first kappa shape index (κ1) is 27.4. The lowest BCUT2D eigenvalue weighted by Gasteiger charge is -2.21. The van der Waals surface area contributed by atoms with Crippen molar-refractivity contribution < 1.29 is 47.6 Å². The number of aliphatic hydroxyl groups is 1. The van der Waals surface area contributed by atoms with Gasteiger partial charge >= 0.3 is 15.6 Å². The lowest BCUT2D eigenvalue weighted by atomic mass is 10.1. The molecule has 1 saturated heterocycles. The Hall–Kier alpha value is -1.84. The fourth-order valence-corrected chi connectivity index (χ4v) is 3.94. The van der Waals surface area contributed by atoms with Crippen LogP contribution in [0.4, 0.5) is 5.69 Å². The highest BCUT2D eigenvalue weighted by Gasteiger charge is 2.49. The van der Waals surface area contributed by atoms with Gasteiger partial charge in [-0.2, -0.15) is 0 Å². The lowest BCUT2D eigenvalue weighted by molar-refractivity contribution is -0.0538. The molecule has 0 saturated carbocycles. The molecule has 2 rings (SSSR count). The molecule has 33 heavy (non-hydrogen) atoms. The van der Waals surface area contributed by atoms with Crippen LogP contribution < -0.4 is 22.7 Å². The Morgan fingerprint density at radius 2 is 1.82 bits per heavy atom. The van der Waals surface area contributed by atoms with E-state index in [4.69, 9.17) is 31.7 Å². The van der Waals surface area contributed by atoms with Crippen molar-refractivity contribution in [1.82, 2.24) is 4.57 Å². The van der Waals surface area contributed by atoms with E-state index in [9.17, 15) is 24.0 Å². The van der Waals surface area contributed by atoms with Gasteiger partial charge in [0.05, 0.1) is 6.61 Å². The zero-order valence-corrected chi connectivity index (χ0v) is 19.1. The fourth-order valence-electron chi connectivity index (χ4n) is 3.03. The number of phosphoric acid groups is 2. The Bertz CT molecular complexity index is 988. The number of aromatic nitrogens is 1. The van der Waals surface area contributed by atoms with Crippen LogP contribution in [0, 0.1) is 0 Å².